The first-order valence-corrected chi connectivity index (χ1v) is 7.71. The Hall–Kier alpha value is -2.24. The lowest BCUT2D eigenvalue weighted by Gasteiger charge is -2.33. The summed E-state index contributed by atoms with van der Waals surface area (Å²) in [6, 6.07) is 6.42. The molecule has 0 saturated carbocycles. The molecule has 0 atom stereocenters. The molecular weight excluding hydrogens is 298 g/mol. The van der Waals surface area contributed by atoms with Crippen LogP contribution in [0.25, 0.3) is 0 Å². The lowest BCUT2D eigenvalue weighted by molar-refractivity contribution is -0.255. The molecular formula is C17H22NO5-. The highest BCUT2D eigenvalue weighted by Gasteiger charge is 2.27. The third-order valence-corrected chi connectivity index (χ3v) is 3.49. The first-order chi connectivity index (χ1) is 10.8. The maximum Gasteiger partial charge on any atom is 0.410 e. The number of carbonyl (C=O) groups excluding carboxylic acids is 2. The molecule has 0 N–H and O–H groups in total. The largest absolute Gasteiger partial charge is 0.545 e. The SMILES string of the molecule is CC(C)(C)OC(=O)N1CCC(Oc2ccccc2C(=O)[O-])CC1. The number of para-hydroxylation sites is 1. The van der Waals surface area contributed by atoms with Crippen LogP contribution in [-0.2, 0) is 4.74 Å². The number of aromatic carboxylic acids is 1. The molecule has 1 aromatic rings. The van der Waals surface area contributed by atoms with Crippen LogP contribution >= 0.6 is 0 Å². The van der Waals surface area contributed by atoms with E-state index in [1.165, 1.54) is 6.07 Å². The molecule has 1 heterocycles. The van der Waals surface area contributed by atoms with Crippen LogP contribution in [0, 0.1) is 0 Å². The molecule has 1 aliphatic heterocycles. The van der Waals surface area contributed by atoms with Gasteiger partial charge in [0.05, 0.1) is 5.97 Å². The Morgan fingerprint density at radius 1 is 1.17 bits per heavy atom. The van der Waals surface area contributed by atoms with E-state index in [0.717, 1.165) is 0 Å². The van der Waals surface area contributed by atoms with Crippen LogP contribution in [0.3, 0.4) is 0 Å². The lowest BCUT2D eigenvalue weighted by Crippen LogP contribution is -2.44. The highest BCUT2D eigenvalue weighted by molar-refractivity contribution is 5.89. The second-order valence-corrected chi connectivity index (χ2v) is 6.57. The topological polar surface area (TPSA) is 78.9 Å². The Bertz CT molecular complexity index is 571. The molecule has 1 amide bonds. The van der Waals surface area contributed by atoms with Crippen molar-refractivity contribution in [2.24, 2.45) is 0 Å². The second-order valence-electron chi connectivity index (χ2n) is 6.57. The first-order valence-electron chi connectivity index (χ1n) is 7.71. The standard InChI is InChI=1S/C17H23NO5/c1-17(2,3)23-16(21)18-10-8-12(9-11-18)22-14-7-5-4-6-13(14)15(19)20/h4-7,12H,8-11H2,1-3H3,(H,19,20)/p-1. The highest BCUT2D eigenvalue weighted by Crippen LogP contribution is 2.23. The lowest BCUT2D eigenvalue weighted by atomic mass is 10.1. The average Bonchev–Trinajstić information content (AvgIpc) is 2.46. The predicted octanol–water partition coefficient (Wildman–Crippen LogP) is 1.83. The minimum Gasteiger partial charge on any atom is -0.545 e. The zero-order valence-electron chi connectivity index (χ0n) is 13.7. The van der Waals surface area contributed by atoms with Crippen molar-refractivity contribution in [2.75, 3.05) is 13.1 Å². The number of carboxylic acids is 1. The molecule has 0 unspecified atom stereocenters. The third-order valence-electron chi connectivity index (χ3n) is 3.49. The van der Waals surface area contributed by atoms with Crippen LogP contribution < -0.4 is 9.84 Å². The van der Waals surface area contributed by atoms with Crippen molar-refractivity contribution in [2.45, 2.75) is 45.3 Å². The van der Waals surface area contributed by atoms with Gasteiger partial charge >= 0.3 is 6.09 Å². The zero-order chi connectivity index (χ0) is 17.0. The number of amides is 1. The summed E-state index contributed by atoms with van der Waals surface area (Å²) in [7, 11) is 0. The summed E-state index contributed by atoms with van der Waals surface area (Å²) in [6.07, 6.45) is 0.793. The molecule has 1 aromatic carbocycles. The fourth-order valence-electron chi connectivity index (χ4n) is 2.40. The van der Waals surface area contributed by atoms with Crippen molar-refractivity contribution < 1.29 is 24.2 Å². The Morgan fingerprint density at radius 2 is 1.78 bits per heavy atom. The molecule has 0 bridgehead atoms. The van der Waals surface area contributed by atoms with Gasteiger partial charge in [0.15, 0.2) is 0 Å². The first kappa shape index (κ1) is 17.1. The quantitative estimate of drug-likeness (QED) is 0.849. The van der Waals surface area contributed by atoms with Crippen LogP contribution in [0.1, 0.15) is 44.0 Å². The maximum absolute atomic E-state index is 12.0. The van der Waals surface area contributed by atoms with Gasteiger partial charge in [0.1, 0.15) is 17.5 Å². The summed E-state index contributed by atoms with van der Waals surface area (Å²) < 4.78 is 11.1. The summed E-state index contributed by atoms with van der Waals surface area (Å²) in [5, 5.41) is 11.1. The van der Waals surface area contributed by atoms with Gasteiger partial charge in [-0.05, 0) is 32.9 Å². The fourth-order valence-corrected chi connectivity index (χ4v) is 2.40. The molecule has 1 fully saturated rings. The number of piperidine rings is 1. The van der Waals surface area contributed by atoms with E-state index in [1.807, 2.05) is 20.8 Å². The number of benzene rings is 1. The third kappa shape index (κ3) is 4.87. The van der Waals surface area contributed by atoms with Gasteiger partial charge in [-0.15, -0.1) is 0 Å². The van der Waals surface area contributed by atoms with E-state index in [4.69, 9.17) is 9.47 Å². The molecule has 0 radical (unpaired) electrons. The van der Waals surface area contributed by atoms with Gasteiger partial charge in [0, 0.05) is 31.5 Å². The van der Waals surface area contributed by atoms with E-state index in [2.05, 4.69) is 0 Å². The van der Waals surface area contributed by atoms with Crippen molar-refractivity contribution in [1.29, 1.82) is 0 Å². The van der Waals surface area contributed by atoms with Crippen molar-refractivity contribution in [3.63, 3.8) is 0 Å². The average molecular weight is 320 g/mol. The van der Waals surface area contributed by atoms with Crippen molar-refractivity contribution in [3.05, 3.63) is 29.8 Å². The Balaban J connectivity index is 1.91. The van der Waals surface area contributed by atoms with Crippen molar-refractivity contribution in [1.82, 2.24) is 4.90 Å². The number of likely N-dealkylation sites (tertiary alicyclic amines) is 1. The minimum atomic E-state index is -1.26. The smallest absolute Gasteiger partial charge is 0.410 e. The molecule has 1 aliphatic rings. The van der Waals surface area contributed by atoms with Crippen molar-refractivity contribution in [3.8, 4) is 5.75 Å². The van der Waals surface area contributed by atoms with Crippen LogP contribution in [0.2, 0.25) is 0 Å². The highest BCUT2D eigenvalue weighted by atomic mass is 16.6. The molecule has 2 rings (SSSR count). The number of ether oxygens (including phenoxy) is 2. The van der Waals surface area contributed by atoms with Gasteiger partial charge in [-0.3, -0.25) is 0 Å². The van der Waals surface area contributed by atoms with Crippen LogP contribution in [0.4, 0.5) is 4.79 Å². The van der Waals surface area contributed by atoms with E-state index in [0.29, 0.717) is 31.7 Å². The summed E-state index contributed by atoms with van der Waals surface area (Å²) >= 11 is 0. The van der Waals surface area contributed by atoms with Gasteiger partial charge in [-0.25, -0.2) is 4.79 Å². The molecule has 6 heteroatoms. The van der Waals surface area contributed by atoms with E-state index in [1.54, 1.807) is 23.1 Å². The number of hydrogen-bond donors (Lipinski definition) is 0. The minimum absolute atomic E-state index is 0.0436. The fraction of sp³-hybridized carbons (Fsp3) is 0.529. The molecule has 6 nitrogen and oxygen atoms in total. The Labute approximate surface area is 136 Å². The number of nitrogens with zero attached hydrogens (tertiary/aromatic N) is 1. The second kappa shape index (κ2) is 6.89. The molecule has 0 aliphatic carbocycles. The summed E-state index contributed by atoms with van der Waals surface area (Å²) in [5.41, 5.74) is -0.472. The van der Waals surface area contributed by atoms with Gasteiger partial charge < -0.3 is 24.3 Å². The number of rotatable bonds is 3. The monoisotopic (exact) mass is 320 g/mol. The van der Waals surface area contributed by atoms with Crippen LogP contribution in [0.5, 0.6) is 5.75 Å². The maximum atomic E-state index is 12.0. The predicted molar refractivity (Wildman–Crippen MR) is 82.2 cm³/mol. The van der Waals surface area contributed by atoms with Crippen LogP contribution in [0.15, 0.2) is 24.3 Å². The summed E-state index contributed by atoms with van der Waals surface area (Å²) in [5.74, 6) is -0.949. The van der Waals surface area contributed by atoms with Gasteiger partial charge in [-0.1, -0.05) is 12.1 Å². The molecule has 126 valence electrons. The molecule has 1 saturated heterocycles. The summed E-state index contributed by atoms with van der Waals surface area (Å²) in [4.78, 5) is 24.7. The van der Waals surface area contributed by atoms with E-state index >= 15 is 0 Å². The van der Waals surface area contributed by atoms with Gasteiger partial charge in [0.25, 0.3) is 0 Å². The van der Waals surface area contributed by atoms with E-state index in [9.17, 15) is 14.7 Å². The van der Waals surface area contributed by atoms with Gasteiger partial charge in [-0.2, -0.15) is 0 Å². The zero-order valence-corrected chi connectivity index (χ0v) is 13.7. The molecule has 0 spiro atoms. The number of carbonyl (C=O) groups is 2. The Morgan fingerprint density at radius 3 is 2.35 bits per heavy atom. The van der Waals surface area contributed by atoms with Crippen LogP contribution in [-0.4, -0.2) is 41.8 Å². The normalized spacial score (nSPS) is 16.0. The molecule has 0 aromatic heterocycles. The summed E-state index contributed by atoms with van der Waals surface area (Å²) in [6.45, 7) is 6.53. The molecule has 23 heavy (non-hydrogen) atoms. The van der Waals surface area contributed by atoms with E-state index < -0.39 is 11.6 Å². The Kier molecular flexibility index (Phi) is 5.13. The van der Waals surface area contributed by atoms with E-state index in [-0.39, 0.29) is 17.8 Å². The number of carboxylic acid groups (broad SMARTS) is 1. The van der Waals surface area contributed by atoms with Gasteiger partial charge in [0.2, 0.25) is 0 Å². The number of hydrogen-bond acceptors (Lipinski definition) is 5. The van der Waals surface area contributed by atoms with Crippen molar-refractivity contribution >= 4 is 12.1 Å².